The van der Waals surface area contributed by atoms with Crippen LogP contribution >= 0.6 is 0 Å². The second kappa shape index (κ2) is 4.74. The number of benzene rings is 1. The van der Waals surface area contributed by atoms with Crippen LogP contribution in [-0.4, -0.2) is 32.7 Å². The Morgan fingerprint density at radius 2 is 1.79 bits per heavy atom. The fourth-order valence-electron chi connectivity index (χ4n) is 2.53. The molecule has 1 aromatic carbocycles. The van der Waals surface area contributed by atoms with Crippen molar-refractivity contribution in [3.63, 3.8) is 0 Å². The quantitative estimate of drug-likeness (QED) is 0.777. The van der Waals surface area contributed by atoms with Gasteiger partial charge in [0.2, 0.25) is 0 Å². The average Bonchev–Trinajstić information content (AvgIpc) is 2.89. The van der Waals surface area contributed by atoms with Crippen molar-refractivity contribution in [2.24, 2.45) is 0 Å². The Morgan fingerprint density at radius 3 is 2.37 bits per heavy atom. The maximum absolute atomic E-state index is 12.5. The lowest BCUT2D eigenvalue weighted by Gasteiger charge is -2.29. The summed E-state index contributed by atoms with van der Waals surface area (Å²) in [7, 11) is -3.31. The summed E-state index contributed by atoms with van der Waals surface area (Å²) >= 11 is 0. The minimum Gasteiger partial charge on any atom is -0.344 e. The predicted molar refractivity (Wildman–Crippen MR) is 70.4 cm³/mol. The van der Waals surface area contributed by atoms with Crippen molar-refractivity contribution in [1.82, 2.24) is 0 Å². The first-order valence-electron chi connectivity index (χ1n) is 6.39. The van der Waals surface area contributed by atoms with Crippen molar-refractivity contribution < 1.29 is 17.9 Å². The molecular formula is C14H16O4S. The zero-order chi connectivity index (χ0) is 13.3. The van der Waals surface area contributed by atoms with Gasteiger partial charge in [0.15, 0.2) is 15.6 Å². The van der Waals surface area contributed by atoms with E-state index in [0.717, 1.165) is 0 Å². The van der Waals surface area contributed by atoms with E-state index in [1.807, 2.05) is 6.07 Å². The van der Waals surface area contributed by atoms with Crippen LogP contribution in [0.15, 0.2) is 47.4 Å². The molecule has 0 radical (unpaired) electrons. The minimum atomic E-state index is -3.31. The fourth-order valence-corrected chi connectivity index (χ4v) is 4.13. The van der Waals surface area contributed by atoms with Crippen LogP contribution in [0.4, 0.5) is 0 Å². The van der Waals surface area contributed by atoms with Crippen molar-refractivity contribution in [1.29, 1.82) is 0 Å². The highest BCUT2D eigenvalue weighted by atomic mass is 32.2. The first kappa shape index (κ1) is 12.8. The summed E-state index contributed by atoms with van der Waals surface area (Å²) in [4.78, 5) is 0.369. The van der Waals surface area contributed by atoms with Gasteiger partial charge in [-0.15, -0.1) is 0 Å². The second-order valence-electron chi connectivity index (χ2n) is 4.80. The molecule has 0 N–H and O–H groups in total. The van der Waals surface area contributed by atoms with Crippen LogP contribution in [0.5, 0.6) is 0 Å². The van der Waals surface area contributed by atoms with Crippen LogP contribution in [0.2, 0.25) is 0 Å². The molecule has 1 aromatic rings. The minimum absolute atomic E-state index is 0.369. The molecule has 0 amide bonds. The molecule has 0 bridgehead atoms. The SMILES string of the molecule is O=S(=O)(c1ccccc1)[C@H]1C=CC2(CC1)OCCO2. The molecule has 1 fully saturated rings. The summed E-state index contributed by atoms with van der Waals surface area (Å²) < 4.78 is 36.0. The molecule has 19 heavy (non-hydrogen) atoms. The Bertz CT molecular complexity index is 571. The van der Waals surface area contributed by atoms with Crippen LogP contribution in [0.3, 0.4) is 0 Å². The van der Waals surface area contributed by atoms with E-state index in [9.17, 15) is 8.42 Å². The van der Waals surface area contributed by atoms with Gasteiger partial charge < -0.3 is 9.47 Å². The smallest absolute Gasteiger partial charge is 0.188 e. The topological polar surface area (TPSA) is 52.6 Å². The molecule has 1 saturated heterocycles. The average molecular weight is 280 g/mol. The van der Waals surface area contributed by atoms with E-state index < -0.39 is 20.9 Å². The molecule has 0 unspecified atom stereocenters. The lowest BCUT2D eigenvalue weighted by Crippen LogP contribution is -2.35. The Labute approximate surface area is 113 Å². The van der Waals surface area contributed by atoms with Gasteiger partial charge in [0.25, 0.3) is 0 Å². The number of rotatable bonds is 2. The monoisotopic (exact) mass is 280 g/mol. The molecule has 2 aliphatic rings. The number of sulfone groups is 1. The molecule has 102 valence electrons. The summed E-state index contributed by atoms with van der Waals surface area (Å²) in [6, 6.07) is 8.56. The van der Waals surface area contributed by atoms with Gasteiger partial charge in [-0.05, 0) is 24.6 Å². The number of hydrogen-bond acceptors (Lipinski definition) is 4. The van der Waals surface area contributed by atoms with Crippen LogP contribution in [0.25, 0.3) is 0 Å². The summed E-state index contributed by atoms with van der Waals surface area (Å²) in [5.41, 5.74) is 0. The number of ether oxygens (including phenoxy) is 2. The van der Waals surface area contributed by atoms with E-state index in [-0.39, 0.29) is 0 Å². The summed E-state index contributed by atoms with van der Waals surface area (Å²) in [6.45, 7) is 1.14. The summed E-state index contributed by atoms with van der Waals surface area (Å²) in [5.74, 6) is -0.678. The zero-order valence-electron chi connectivity index (χ0n) is 10.5. The Morgan fingerprint density at radius 1 is 1.11 bits per heavy atom. The first-order chi connectivity index (χ1) is 9.12. The lowest BCUT2D eigenvalue weighted by atomic mass is 10.0. The molecule has 3 rings (SSSR count). The van der Waals surface area contributed by atoms with Gasteiger partial charge in [0.05, 0.1) is 23.4 Å². The van der Waals surface area contributed by atoms with Crippen LogP contribution < -0.4 is 0 Å². The van der Waals surface area contributed by atoms with Gasteiger partial charge in [0, 0.05) is 6.42 Å². The van der Waals surface area contributed by atoms with Gasteiger partial charge in [-0.2, -0.15) is 0 Å². The number of hydrogen-bond donors (Lipinski definition) is 0. The molecule has 1 atom stereocenters. The van der Waals surface area contributed by atoms with Gasteiger partial charge in [-0.25, -0.2) is 8.42 Å². The van der Waals surface area contributed by atoms with Gasteiger partial charge in [0.1, 0.15) is 0 Å². The van der Waals surface area contributed by atoms with Crippen LogP contribution in [0, 0.1) is 0 Å². The van der Waals surface area contributed by atoms with Gasteiger partial charge in [-0.1, -0.05) is 24.3 Å². The Balaban J connectivity index is 1.85. The van der Waals surface area contributed by atoms with Crippen molar-refractivity contribution in [2.75, 3.05) is 13.2 Å². The first-order valence-corrected chi connectivity index (χ1v) is 7.93. The van der Waals surface area contributed by atoms with Crippen LogP contribution in [-0.2, 0) is 19.3 Å². The standard InChI is InChI=1S/C14H16O4S/c15-19(16,12-4-2-1-3-5-12)13-6-8-14(9-7-13)17-10-11-18-14/h1-6,8,13H,7,9-11H2/t13-/m0/s1. The van der Waals surface area contributed by atoms with Crippen molar-refractivity contribution in [3.8, 4) is 0 Å². The maximum atomic E-state index is 12.5. The highest BCUT2D eigenvalue weighted by molar-refractivity contribution is 7.92. The fraction of sp³-hybridized carbons (Fsp3) is 0.429. The van der Waals surface area contributed by atoms with E-state index >= 15 is 0 Å². The zero-order valence-corrected chi connectivity index (χ0v) is 11.3. The third-order valence-electron chi connectivity index (χ3n) is 3.59. The van der Waals surface area contributed by atoms with Gasteiger partial charge >= 0.3 is 0 Å². The normalized spacial score (nSPS) is 25.8. The molecule has 0 aromatic heterocycles. The Kier molecular flexibility index (Phi) is 3.20. The summed E-state index contributed by atoms with van der Waals surface area (Å²) in [6.07, 6.45) is 4.57. The lowest BCUT2D eigenvalue weighted by molar-refractivity contribution is -0.124. The van der Waals surface area contributed by atoms with E-state index in [1.165, 1.54) is 0 Å². The highest BCUT2D eigenvalue weighted by Crippen LogP contribution is 2.34. The predicted octanol–water partition coefficient (Wildman–Crippen LogP) is 1.92. The van der Waals surface area contributed by atoms with Crippen molar-refractivity contribution in [3.05, 3.63) is 42.5 Å². The van der Waals surface area contributed by atoms with E-state index in [0.29, 0.717) is 31.0 Å². The molecule has 1 aliphatic heterocycles. The summed E-state index contributed by atoms with van der Waals surface area (Å²) in [5, 5.41) is -0.492. The Hall–Kier alpha value is -1.17. The second-order valence-corrected chi connectivity index (χ2v) is 6.97. The van der Waals surface area contributed by atoms with Crippen molar-refractivity contribution in [2.45, 2.75) is 28.8 Å². The maximum Gasteiger partial charge on any atom is 0.188 e. The highest BCUT2D eigenvalue weighted by Gasteiger charge is 2.39. The third kappa shape index (κ3) is 2.33. The molecule has 1 heterocycles. The van der Waals surface area contributed by atoms with E-state index in [2.05, 4.69) is 0 Å². The van der Waals surface area contributed by atoms with Crippen LogP contribution in [0.1, 0.15) is 12.8 Å². The van der Waals surface area contributed by atoms with E-state index in [1.54, 1.807) is 36.4 Å². The molecule has 1 aliphatic carbocycles. The molecule has 5 heteroatoms. The molecule has 4 nitrogen and oxygen atoms in total. The molecule has 1 spiro atoms. The molecule has 0 saturated carbocycles. The largest absolute Gasteiger partial charge is 0.344 e. The van der Waals surface area contributed by atoms with E-state index in [4.69, 9.17) is 9.47 Å². The van der Waals surface area contributed by atoms with Gasteiger partial charge in [-0.3, -0.25) is 0 Å². The third-order valence-corrected chi connectivity index (χ3v) is 5.71. The molecular weight excluding hydrogens is 264 g/mol. The van der Waals surface area contributed by atoms with Crippen molar-refractivity contribution >= 4 is 9.84 Å².